The molecule has 0 N–H and O–H groups in total. The zero-order valence-electron chi connectivity index (χ0n) is 22.8. The number of hydrogen-bond donors (Lipinski definition) is 0. The van der Waals surface area contributed by atoms with Crippen LogP contribution in [0.25, 0.3) is 16.9 Å². The molecule has 42 heavy (non-hydrogen) atoms. The first kappa shape index (κ1) is 33.8. The average molecular weight is 632 g/mol. The van der Waals surface area contributed by atoms with Crippen molar-refractivity contribution in [2.24, 2.45) is 11.8 Å². The average Bonchev–Trinajstić information content (AvgIpc) is 3.36. The Balaban J connectivity index is 0.000000260. The maximum atomic E-state index is 14.5. The SMILES string of the molecule is CC1CCN(c2c(-c3c(F)cc(F)cc3F)c(Cl)nc3ncnn23)CC1.CCC([O-])=C1C(=O)CC(C(=O)[O-])CC1=O.[Ca+2]. The summed E-state index contributed by atoms with van der Waals surface area (Å²) in [7, 11) is 0. The van der Waals surface area contributed by atoms with Crippen molar-refractivity contribution in [2.45, 2.75) is 46.0 Å². The summed E-state index contributed by atoms with van der Waals surface area (Å²) >= 11 is 6.29. The van der Waals surface area contributed by atoms with E-state index in [2.05, 4.69) is 22.0 Å². The largest absolute Gasteiger partial charge is 2.00 e. The Morgan fingerprint density at radius 3 is 2.14 bits per heavy atom. The van der Waals surface area contributed by atoms with E-state index in [4.69, 9.17) is 11.6 Å². The van der Waals surface area contributed by atoms with Crippen LogP contribution in [0.3, 0.4) is 0 Å². The maximum absolute atomic E-state index is 14.5. The van der Waals surface area contributed by atoms with Gasteiger partial charge >= 0.3 is 37.7 Å². The molecule has 1 saturated heterocycles. The quantitative estimate of drug-likeness (QED) is 0.139. The first-order chi connectivity index (χ1) is 19.4. The molecule has 5 rings (SSSR count). The van der Waals surface area contributed by atoms with Crippen molar-refractivity contribution in [3.63, 3.8) is 0 Å². The van der Waals surface area contributed by atoms with E-state index in [0.717, 1.165) is 12.8 Å². The van der Waals surface area contributed by atoms with Gasteiger partial charge in [0.2, 0.25) is 0 Å². The minimum atomic E-state index is -1.42. The predicted molar refractivity (Wildman–Crippen MR) is 143 cm³/mol. The molecule has 1 aliphatic carbocycles. The van der Waals surface area contributed by atoms with E-state index in [9.17, 15) is 37.8 Å². The topological polar surface area (TPSA) is 144 Å². The number of ketones is 2. The molecule has 1 aliphatic heterocycles. The molecule has 0 unspecified atom stereocenters. The van der Waals surface area contributed by atoms with Gasteiger partial charge in [0.1, 0.15) is 34.7 Å². The van der Waals surface area contributed by atoms with Gasteiger partial charge in [0, 0.05) is 55.5 Å². The minimum Gasteiger partial charge on any atom is -0.875 e. The van der Waals surface area contributed by atoms with E-state index in [1.54, 1.807) is 6.92 Å². The number of nitrogens with zero attached hydrogens (tertiary/aromatic N) is 5. The van der Waals surface area contributed by atoms with Gasteiger partial charge in [-0.2, -0.15) is 19.6 Å². The molecule has 2 fully saturated rings. The maximum Gasteiger partial charge on any atom is 2.00 e. The number of carboxylic acids is 1. The first-order valence-electron chi connectivity index (χ1n) is 12.9. The number of piperidine rings is 1. The number of aromatic nitrogens is 4. The molecular formula is C27H25CaClF3N5O5. The van der Waals surface area contributed by atoms with Crippen LogP contribution in [0.1, 0.15) is 46.0 Å². The Morgan fingerprint density at radius 2 is 1.62 bits per heavy atom. The summed E-state index contributed by atoms with van der Waals surface area (Å²) in [5.74, 6) is -6.25. The van der Waals surface area contributed by atoms with Crippen LogP contribution in [0.2, 0.25) is 5.15 Å². The van der Waals surface area contributed by atoms with E-state index in [1.165, 1.54) is 10.8 Å². The third-order valence-electron chi connectivity index (χ3n) is 7.05. The minimum absolute atomic E-state index is 0. The number of rotatable bonds is 4. The van der Waals surface area contributed by atoms with Crippen LogP contribution in [-0.2, 0) is 14.4 Å². The van der Waals surface area contributed by atoms with Crippen LogP contribution in [0.5, 0.6) is 0 Å². The molecular weight excluding hydrogens is 607 g/mol. The predicted octanol–water partition coefficient (Wildman–Crippen LogP) is 2.03. The van der Waals surface area contributed by atoms with Gasteiger partial charge in [-0.15, -0.1) is 5.76 Å². The van der Waals surface area contributed by atoms with Gasteiger partial charge in [-0.25, -0.2) is 13.2 Å². The molecule has 2 aliphatic rings. The summed E-state index contributed by atoms with van der Waals surface area (Å²) in [6.45, 7) is 5.05. The van der Waals surface area contributed by atoms with Gasteiger partial charge in [-0.3, -0.25) is 9.59 Å². The zero-order chi connectivity index (χ0) is 30.0. The number of benzene rings is 1. The molecule has 3 heterocycles. The number of carbonyl (C=O) groups is 3. The van der Waals surface area contributed by atoms with Crippen molar-refractivity contribution in [2.75, 3.05) is 18.0 Å². The summed E-state index contributed by atoms with van der Waals surface area (Å²) in [5.41, 5.74) is -0.723. The fourth-order valence-corrected chi connectivity index (χ4v) is 5.10. The van der Waals surface area contributed by atoms with Gasteiger partial charge in [0.15, 0.2) is 11.6 Å². The van der Waals surface area contributed by atoms with Gasteiger partial charge in [-0.1, -0.05) is 25.4 Å². The monoisotopic (exact) mass is 631 g/mol. The number of fused-ring (bicyclic) bond motifs is 1. The van der Waals surface area contributed by atoms with Crippen LogP contribution in [0, 0.1) is 29.3 Å². The number of anilines is 1. The van der Waals surface area contributed by atoms with E-state index < -0.39 is 52.2 Å². The van der Waals surface area contributed by atoms with Crippen LogP contribution < -0.4 is 15.1 Å². The molecule has 1 saturated carbocycles. The Hall–Kier alpha value is -2.74. The van der Waals surface area contributed by atoms with Crippen molar-refractivity contribution in [1.82, 2.24) is 19.6 Å². The van der Waals surface area contributed by atoms with E-state index in [-0.39, 0.29) is 79.1 Å². The Labute approximate surface area is 273 Å². The van der Waals surface area contributed by atoms with Gasteiger partial charge in [0.05, 0.1) is 11.1 Å². The Morgan fingerprint density at radius 1 is 1.05 bits per heavy atom. The number of halogens is 4. The standard InChI is InChI=1S/C17H15ClF3N5.C10H12O5.Ca/c1-9-2-4-25(5-3-9)16-14(13-11(20)6-10(19)7-12(13)21)15(18)24-17-22-8-23-26(16)17;1-2-6(11)9-7(12)3-5(10(14)15)4-8(9)13;/h6-9H,2-5H2,1H3;5,11H,2-4H2,1H3,(H,14,15);/q;;+2/p-2. The molecule has 0 amide bonds. The fraction of sp³-hybridized carbons (Fsp3) is 0.407. The number of Topliss-reactive ketones (excluding diaryl/α,β-unsaturated/α-hetero) is 2. The molecule has 0 radical (unpaired) electrons. The van der Waals surface area contributed by atoms with Crippen LogP contribution >= 0.6 is 11.6 Å². The third kappa shape index (κ3) is 7.07. The fourth-order valence-electron chi connectivity index (χ4n) is 4.85. The Kier molecular flexibility index (Phi) is 11.4. The molecule has 10 nitrogen and oxygen atoms in total. The second-order valence-electron chi connectivity index (χ2n) is 9.91. The van der Waals surface area contributed by atoms with Gasteiger partial charge in [0.25, 0.3) is 5.78 Å². The molecule has 0 bridgehead atoms. The molecule has 15 heteroatoms. The third-order valence-corrected chi connectivity index (χ3v) is 7.33. The van der Waals surface area contributed by atoms with Crippen molar-refractivity contribution in [3.05, 3.63) is 52.4 Å². The number of hydrogen-bond acceptors (Lipinski definition) is 9. The summed E-state index contributed by atoms with van der Waals surface area (Å²) in [5, 5.41) is 25.7. The summed E-state index contributed by atoms with van der Waals surface area (Å²) in [4.78, 5) is 43.3. The zero-order valence-corrected chi connectivity index (χ0v) is 25.8. The first-order valence-corrected chi connectivity index (χ1v) is 13.3. The molecule has 0 spiro atoms. The van der Waals surface area contributed by atoms with E-state index >= 15 is 0 Å². The number of allylic oxidation sites excluding steroid dienone is 2. The normalized spacial score (nSPS) is 17.5. The smallest absolute Gasteiger partial charge is 0.875 e. The van der Waals surface area contributed by atoms with Crippen LogP contribution in [-0.4, -0.2) is 87.9 Å². The van der Waals surface area contributed by atoms with Crippen molar-refractivity contribution >= 4 is 78.5 Å². The second-order valence-corrected chi connectivity index (χ2v) is 10.3. The van der Waals surface area contributed by atoms with E-state index in [0.29, 0.717) is 37.0 Å². The van der Waals surface area contributed by atoms with Crippen molar-refractivity contribution < 1.29 is 37.8 Å². The van der Waals surface area contributed by atoms with Crippen LogP contribution in [0.4, 0.5) is 19.0 Å². The van der Waals surface area contributed by atoms with Crippen LogP contribution in [0.15, 0.2) is 29.8 Å². The molecule has 3 aromatic rings. The van der Waals surface area contributed by atoms with Crippen molar-refractivity contribution in [3.8, 4) is 11.1 Å². The number of carbonyl (C=O) groups excluding carboxylic acids is 3. The van der Waals surface area contributed by atoms with Crippen molar-refractivity contribution in [1.29, 1.82) is 0 Å². The number of aliphatic carboxylic acids is 1. The molecule has 0 atom stereocenters. The molecule has 218 valence electrons. The Bertz CT molecular complexity index is 1520. The summed E-state index contributed by atoms with van der Waals surface area (Å²) in [6.07, 6.45) is 2.59. The van der Waals surface area contributed by atoms with Gasteiger partial charge < -0.3 is 19.9 Å². The molecule has 1 aromatic carbocycles. The number of carboxylic acid groups (broad SMARTS) is 1. The van der Waals surface area contributed by atoms with E-state index in [1.807, 2.05) is 4.90 Å². The summed E-state index contributed by atoms with van der Waals surface area (Å²) < 4.78 is 43.7. The van der Waals surface area contributed by atoms with Gasteiger partial charge in [-0.05, 0) is 25.2 Å². The molecule has 2 aromatic heterocycles. The summed E-state index contributed by atoms with van der Waals surface area (Å²) in [6, 6.07) is 1.25. The second kappa shape index (κ2) is 14.2.